The molecule has 0 aliphatic carbocycles. The van der Waals surface area contributed by atoms with Crippen molar-refractivity contribution in [3.05, 3.63) is 29.8 Å². The van der Waals surface area contributed by atoms with Crippen LogP contribution in [-0.4, -0.2) is 0 Å². The van der Waals surface area contributed by atoms with Crippen LogP contribution in [0.4, 0.5) is 5.69 Å². The molecule has 1 unspecified atom stereocenters. The molecule has 0 aliphatic heterocycles. The highest BCUT2D eigenvalue weighted by Gasteiger charge is 2.10. The van der Waals surface area contributed by atoms with E-state index < -0.39 is 0 Å². The molecular weight excluding hydrogens is 186 g/mol. The fourth-order valence-corrected chi connectivity index (χ4v) is 1.50. The smallest absolute Gasteiger partial charge is 0.0489 e. The number of hydrazine groups is 1. The van der Waals surface area contributed by atoms with Gasteiger partial charge in [-0.1, -0.05) is 18.2 Å². The maximum absolute atomic E-state index is 5.87. The highest BCUT2D eigenvalue weighted by Crippen LogP contribution is 2.22. The van der Waals surface area contributed by atoms with Crippen molar-refractivity contribution in [2.45, 2.75) is 25.8 Å². The first-order valence-corrected chi connectivity index (χ1v) is 4.99. The highest BCUT2D eigenvalue weighted by molar-refractivity contribution is 5.48. The maximum atomic E-state index is 5.87. The molecule has 0 aliphatic rings. The third-order valence-corrected chi connectivity index (χ3v) is 2.31. The monoisotopic (exact) mass is 203 g/mol. The van der Waals surface area contributed by atoms with Gasteiger partial charge < -0.3 is 5.73 Å². The van der Waals surface area contributed by atoms with E-state index in [9.17, 15) is 0 Å². The summed E-state index contributed by atoms with van der Waals surface area (Å²) in [4.78, 5) is 0. The number of benzene rings is 1. The second-order valence-electron chi connectivity index (χ2n) is 3.31. The van der Waals surface area contributed by atoms with E-state index in [4.69, 9.17) is 11.6 Å². The number of hydrogen-bond acceptors (Lipinski definition) is 3. The Bertz CT molecular complexity index is 363. The minimum atomic E-state index is 0.0760. The Balaban J connectivity index is 2.72. The normalized spacial score (nSPS) is 11.6. The van der Waals surface area contributed by atoms with Gasteiger partial charge >= 0.3 is 0 Å². The van der Waals surface area contributed by atoms with E-state index in [-0.39, 0.29) is 6.04 Å². The molecule has 0 bridgehead atoms. The van der Waals surface area contributed by atoms with Crippen LogP contribution in [-0.2, 0) is 0 Å². The molecule has 1 aromatic rings. The SMILES string of the molecule is CC#CCCC(NN)c1ccccc1N. The summed E-state index contributed by atoms with van der Waals surface area (Å²) in [5.74, 6) is 11.4. The predicted molar refractivity (Wildman–Crippen MR) is 63.6 cm³/mol. The maximum Gasteiger partial charge on any atom is 0.0489 e. The summed E-state index contributed by atoms with van der Waals surface area (Å²) in [5.41, 5.74) is 10.4. The van der Waals surface area contributed by atoms with Gasteiger partial charge in [0.2, 0.25) is 0 Å². The average molecular weight is 203 g/mol. The van der Waals surface area contributed by atoms with Gasteiger partial charge in [0.05, 0.1) is 0 Å². The highest BCUT2D eigenvalue weighted by atomic mass is 15.2. The number of para-hydroxylation sites is 1. The van der Waals surface area contributed by atoms with Crippen molar-refractivity contribution in [3.8, 4) is 11.8 Å². The number of nitrogen functional groups attached to an aromatic ring is 1. The third-order valence-electron chi connectivity index (χ3n) is 2.31. The van der Waals surface area contributed by atoms with Crippen LogP contribution >= 0.6 is 0 Å². The van der Waals surface area contributed by atoms with E-state index in [1.54, 1.807) is 0 Å². The van der Waals surface area contributed by atoms with E-state index in [1.165, 1.54) is 0 Å². The molecule has 1 aromatic carbocycles. The van der Waals surface area contributed by atoms with Gasteiger partial charge in [0.25, 0.3) is 0 Å². The molecule has 5 N–H and O–H groups in total. The lowest BCUT2D eigenvalue weighted by Gasteiger charge is -2.16. The first kappa shape index (κ1) is 11.6. The molecule has 0 aromatic heterocycles. The van der Waals surface area contributed by atoms with Gasteiger partial charge in [0, 0.05) is 18.2 Å². The van der Waals surface area contributed by atoms with Crippen LogP contribution in [0, 0.1) is 11.8 Å². The third kappa shape index (κ3) is 3.28. The van der Waals surface area contributed by atoms with Gasteiger partial charge in [0.1, 0.15) is 0 Å². The molecule has 0 fully saturated rings. The van der Waals surface area contributed by atoms with Gasteiger partial charge in [-0.2, -0.15) is 0 Å². The summed E-state index contributed by atoms with van der Waals surface area (Å²) in [5, 5.41) is 0. The number of hydrogen-bond donors (Lipinski definition) is 3. The molecule has 3 heteroatoms. The van der Waals surface area contributed by atoms with E-state index >= 15 is 0 Å². The van der Waals surface area contributed by atoms with Gasteiger partial charge in [-0.25, -0.2) is 0 Å². The fraction of sp³-hybridized carbons (Fsp3) is 0.333. The standard InChI is InChI=1S/C12H17N3/c1-2-3-4-9-12(15-14)10-7-5-6-8-11(10)13/h5-8,12,15H,4,9,13-14H2,1H3. The first-order valence-electron chi connectivity index (χ1n) is 4.99. The predicted octanol–water partition coefficient (Wildman–Crippen LogP) is 1.58. The number of nitrogens with one attached hydrogen (secondary N) is 1. The van der Waals surface area contributed by atoms with Crippen molar-refractivity contribution in [3.63, 3.8) is 0 Å². The fourth-order valence-electron chi connectivity index (χ4n) is 1.50. The van der Waals surface area contributed by atoms with E-state index in [1.807, 2.05) is 31.2 Å². The number of rotatable bonds is 4. The lowest BCUT2D eigenvalue weighted by atomic mass is 10.0. The van der Waals surface area contributed by atoms with Crippen molar-refractivity contribution in [2.24, 2.45) is 5.84 Å². The average Bonchev–Trinajstić information content (AvgIpc) is 2.26. The summed E-state index contributed by atoms with van der Waals surface area (Å²) in [7, 11) is 0. The van der Waals surface area contributed by atoms with Crippen molar-refractivity contribution in [1.29, 1.82) is 0 Å². The van der Waals surface area contributed by atoms with Crippen molar-refractivity contribution < 1.29 is 0 Å². The van der Waals surface area contributed by atoms with Gasteiger partial charge in [-0.05, 0) is 25.0 Å². The molecule has 80 valence electrons. The van der Waals surface area contributed by atoms with Crippen LogP contribution in [0.15, 0.2) is 24.3 Å². The van der Waals surface area contributed by atoms with Crippen LogP contribution in [0.2, 0.25) is 0 Å². The Kier molecular flexibility index (Phi) is 4.69. The number of nitrogens with two attached hydrogens (primary N) is 2. The molecule has 0 saturated heterocycles. The molecule has 0 amide bonds. The largest absolute Gasteiger partial charge is 0.398 e. The zero-order valence-corrected chi connectivity index (χ0v) is 8.96. The zero-order valence-electron chi connectivity index (χ0n) is 8.96. The Morgan fingerprint density at radius 3 is 2.73 bits per heavy atom. The summed E-state index contributed by atoms with van der Waals surface area (Å²) in [6.45, 7) is 1.84. The first-order chi connectivity index (χ1) is 7.29. The van der Waals surface area contributed by atoms with Crippen LogP contribution in [0.1, 0.15) is 31.4 Å². The molecule has 15 heavy (non-hydrogen) atoms. The molecule has 1 atom stereocenters. The van der Waals surface area contributed by atoms with E-state index in [2.05, 4.69) is 17.3 Å². The number of anilines is 1. The Hall–Kier alpha value is -1.50. The van der Waals surface area contributed by atoms with Crippen LogP contribution in [0.25, 0.3) is 0 Å². The summed E-state index contributed by atoms with van der Waals surface area (Å²) >= 11 is 0. The summed E-state index contributed by atoms with van der Waals surface area (Å²) in [6.07, 6.45) is 1.69. The Morgan fingerprint density at radius 2 is 2.13 bits per heavy atom. The Morgan fingerprint density at radius 1 is 1.40 bits per heavy atom. The molecule has 1 rings (SSSR count). The lowest BCUT2D eigenvalue weighted by molar-refractivity contribution is 0.525. The summed E-state index contributed by atoms with van der Waals surface area (Å²) in [6, 6.07) is 7.82. The van der Waals surface area contributed by atoms with Crippen LogP contribution < -0.4 is 17.0 Å². The molecule has 0 saturated carbocycles. The second kappa shape index (κ2) is 6.07. The van der Waals surface area contributed by atoms with Crippen LogP contribution in [0.5, 0.6) is 0 Å². The minimum Gasteiger partial charge on any atom is -0.398 e. The van der Waals surface area contributed by atoms with Crippen LogP contribution in [0.3, 0.4) is 0 Å². The molecule has 0 radical (unpaired) electrons. The molecular formula is C12H17N3. The minimum absolute atomic E-state index is 0.0760. The van der Waals surface area contributed by atoms with E-state index in [0.717, 1.165) is 24.1 Å². The quantitative estimate of drug-likeness (QED) is 0.301. The van der Waals surface area contributed by atoms with Crippen molar-refractivity contribution in [2.75, 3.05) is 5.73 Å². The molecule has 3 nitrogen and oxygen atoms in total. The topological polar surface area (TPSA) is 64.1 Å². The lowest BCUT2D eigenvalue weighted by Crippen LogP contribution is -2.28. The molecule has 0 spiro atoms. The van der Waals surface area contributed by atoms with Crippen molar-refractivity contribution >= 4 is 5.69 Å². The Labute approximate surface area is 90.8 Å². The second-order valence-corrected chi connectivity index (χ2v) is 3.31. The molecule has 0 heterocycles. The van der Waals surface area contributed by atoms with Gasteiger partial charge in [-0.3, -0.25) is 11.3 Å². The summed E-state index contributed by atoms with van der Waals surface area (Å²) < 4.78 is 0. The van der Waals surface area contributed by atoms with Gasteiger partial charge in [-0.15, -0.1) is 11.8 Å². The van der Waals surface area contributed by atoms with Gasteiger partial charge in [0.15, 0.2) is 0 Å². The van der Waals surface area contributed by atoms with Crippen molar-refractivity contribution in [1.82, 2.24) is 5.43 Å². The van der Waals surface area contributed by atoms with E-state index in [0.29, 0.717) is 0 Å². The zero-order chi connectivity index (χ0) is 11.1.